The highest BCUT2D eigenvalue weighted by molar-refractivity contribution is 6.30. The molecule has 2 aliphatic rings. The van der Waals surface area contributed by atoms with Crippen LogP contribution in [0.15, 0.2) is 72.8 Å². The summed E-state index contributed by atoms with van der Waals surface area (Å²) >= 11 is 6.13. The Bertz CT molecular complexity index is 1090. The summed E-state index contributed by atoms with van der Waals surface area (Å²) in [5, 5.41) is 0.745. The molecule has 3 aromatic rings. The number of aryl methyl sites for hydroxylation is 1. The molecule has 0 radical (unpaired) electrons. The van der Waals surface area contributed by atoms with Crippen LogP contribution < -0.4 is 9.80 Å². The lowest BCUT2D eigenvalue weighted by atomic mass is 10.0. The molecule has 164 valence electrons. The van der Waals surface area contributed by atoms with E-state index in [2.05, 4.69) is 52.3 Å². The molecule has 1 saturated heterocycles. The summed E-state index contributed by atoms with van der Waals surface area (Å²) in [7, 11) is 0. The van der Waals surface area contributed by atoms with Gasteiger partial charge in [-0.3, -0.25) is 4.79 Å². The third-order valence-corrected chi connectivity index (χ3v) is 6.76. The molecule has 1 amide bonds. The normalized spacial score (nSPS) is 16.1. The molecular weight excluding hydrogens is 418 g/mol. The third kappa shape index (κ3) is 4.46. The molecule has 0 atom stereocenters. The van der Waals surface area contributed by atoms with Gasteiger partial charge in [-0.25, -0.2) is 0 Å². The van der Waals surface area contributed by atoms with E-state index < -0.39 is 0 Å². The van der Waals surface area contributed by atoms with Gasteiger partial charge < -0.3 is 14.7 Å². The van der Waals surface area contributed by atoms with Gasteiger partial charge in [0.05, 0.1) is 0 Å². The molecule has 0 saturated carbocycles. The standard InChI is InChI=1S/C27H28ClN3O/c28-24-7-3-8-25(19-24)29-15-17-30(18-16-29)27(32)23-12-10-21(11-13-23)20-31-14-4-6-22-5-1-2-9-26(22)31/h1-3,5,7-13,19H,4,6,14-18,20H2. The lowest BCUT2D eigenvalue weighted by Crippen LogP contribution is -2.48. The Hall–Kier alpha value is -2.98. The number of hydrogen-bond acceptors (Lipinski definition) is 3. The summed E-state index contributed by atoms with van der Waals surface area (Å²) in [6.07, 6.45) is 2.35. The lowest BCUT2D eigenvalue weighted by Gasteiger charge is -2.36. The minimum atomic E-state index is 0.116. The van der Waals surface area contributed by atoms with E-state index in [4.69, 9.17) is 11.6 Å². The van der Waals surface area contributed by atoms with Crippen LogP contribution in [-0.4, -0.2) is 43.5 Å². The summed E-state index contributed by atoms with van der Waals surface area (Å²) in [5.74, 6) is 0.116. The Morgan fingerprint density at radius 1 is 0.844 bits per heavy atom. The van der Waals surface area contributed by atoms with Crippen LogP contribution >= 0.6 is 11.6 Å². The number of carbonyl (C=O) groups excluding carboxylic acids is 1. The Balaban J connectivity index is 1.20. The molecule has 2 aliphatic heterocycles. The minimum Gasteiger partial charge on any atom is -0.368 e. The number of nitrogens with zero attached hydrogens (tertiary/aromatic N) is 3. The van der Waals surface area contributed by atoms with Crippen LogP contribution in [0.1, 0.15) is 27.9 Å². The zero-order valence-electron chi connectivity index (χ0n) is 18.2. The highest BCUT2D eigenvalue weighted by Gasteiger charge is 2.23. The molecule has 0 aromatic heterocycles. The van der Waals surface area contributed by atoms with Crippen molar-refractivity contribution >= 4 is 28.9 Å². The third-order valence-electron chi connectivity index (χ3n) is 6.52. The SMILES string of the molecule is O=C(c1ccc(CN2CCCc3ccccc32)cc1)N1CCN(c2cccc(Cl)c2)CC1. The van der Waals surface area contributed by atoms with Crippen molar-refractivity contribution in [2.75, 3.05) is 42.5 Å². The van der Waals surface area contributed by atoms with Gasteiger partial charge in [0.1, 0.15) is 0 Å². The van der Waals surface area contributed by atoms with Crippen molar-refractivity contribution in [3.63, 3.8) is 0 Å². The molecule has 3 aromatic carbocycles. The average Bonchev–Trinajstić information content (AvgIpc) is 2.84. The zero-order chi connectivity index (χ0) is 21.9. The number of fused-ring (bicyclic) bond motifs is 1. The number of rotatable bonds is 4. The van der Waals surface area contributed by atoms with Gasteiger partial charge in [-0.15, -0.1) is 0 Å². The molecule has 5 heteroatoms. The second-order valence-corrected chi connectivity index (χ2v) is 9.05. The number of amides is 1. The lowest BCUT2D eigenvalue weighted by molar-refractivity contribution is 0.0747. The van der Waals surface area contributed by atoms with Crippen LogP contribution in [-0.2, 0) is 13.0 Å². The topological polar surface area (TPSA) is 26.8 Å². The zero-order valence-corrected chi connectivity index (χ0v) is 19.0. The number of anilines is 2. The maximum atomic E-state index is 13.0. The Morgan fingerprint density at radius 3 is 2.41 bits per heavy atom. The summed E-state index contributed by atoms with van der Waals surface area (Å²) in [5.41, 5.74) is 5.90. The van der Waals surface area contributed by atoms with E-state index in [1.807, 2.05) is 35.2 Å². The monoisotopic (exact) mass is 445 g/mol. The molecule has 5 rings (SSSR count). The first-order valence-corrected chi connectivity index (χ1v) is 11.8. The van der Waals surface area contributed by atoms with Gasteiger partial charge in [-0.1, -0.05) is 48.0 Å². The van der Waals surface area contributed by atoms with Gasteiger partial charge in [0.15, 0.2) is 0 Å². The Labute approximate surface area is 195 Å². The second-order valence-electron chi connectivity index (χ2n) is 8.61. The largest absolute Gasteiger partial charge is 0.368 e. The van der Waals surface area contributed by atoms with E-state index in [-0.39, 0.29) is 5.91 Å². The minimum absolute atomic E-state index is 0.116. The summed E-state index contributed by atoms with van der Waals surface area (Å²) in [6, 6.07) is 24.8. The van der Waals surface area contributed by atoms with Gasteiger partial charge in [-0.2, -0.15) is 0 Å². The molecule has 0 unspecified atom stereocenters. The van der Waals surface area contributed by atoms with Crippen molar-refractivity contribution in [1.82, 2.24) is 4.90 Å². The quantitative estimate of drug-likeness (QED) is 0.548. The van der Waals surface area contributed by atoms with Crippen molar-refractivity contribution in [1.29, 1.82) is 0 Å². The summed E-state index contributed by atoms with van der Waals surface area (Å²) in [4.78, 5) is 19.7. The van der Waals surface area contributed by atoms with E-state index in [0.29, 0.717) is 0 Å². The van der Waals surface area contributed by atoms with Crippen LogP contribution in [0.5, 0.6) is 0 Å². The first kappa shape index (κ1) is 20.9. The average molecular weight is 446 g/mol. The van der Waals surface area contributed by atoms with Crippen molar-refractivity contribution < 1.29 is 4.79 Å². The Morgan fingerprint density at radius 2 is 1.62 bits per heavy atom. The number of para-hydroxylation sites is 1. The first-order valence-electron chi connectivity index (χ1n) is 11.4. The first-order chi connectivity index (χ1) is 15.7. The predicted octanol–water partition coefficient (Wildman–Crippen LogP) is 5.26. The molecule has 0 aliphatic carbocycles. The molecular formula is C27H28ClN3O. The van der Waals surface area contributed by atoms with Gasteiger partial charge >= 0.3 is 0 Å². The van der Waals surface area contributed by atoms with Crippen molar-refractivity contribution in [2.45, 2.75) is 19.4 Å². The van der Waals surface area contributed by atoms with E-state index >= 15 is 0 Å². The fraction of sp³-hybridized carbons (Fsp3) is 0.296. The van der Waals surface area contributed by atoms with Crippen LogP contribution in [0.3, 0.4) is 0 Å². The van der Waals surface area contributed by atoms with Crippen molar-refractivity contribution in [2.24, 2.45) is 0 Å². The van der Waals surface area contributed by atoms with Crippen molar-refractivity contribution in [3.05, 3.63) is 94.5 Å². The maximum absolute atomic E-state index is 13.0. The molecule has 0 N–H and O–H groups in total. The number of benzene rings is 3. The van der Waals surface area contributed by atoms with Gasteiger partial charge in [0.25, 0.3) is 5.91 Å². The molecule has 1 fully saturated rings. The summed E-state index contributed by atoms with van der Waals surface area (Å²) in [6.45, 7) is 5.03. The van der Waals surface area contributed by atoms with Crippen LogP contribution in [0.25, 0.3) is 0 Å². The van der Waals surface area contributed by atoms with Crippen LogP contribution in [0.4, 0.5) is 11.4 Å². The highest BCUT2D eigenvalue weighted by atomic mass is 35.5. The number of hydrogen-bond donors (Lipinski definition) is 0. The van der Waals surface area contributed by atoms with Crippen LogP contribution in [0, 0.1) is 0 Å². The predicted molar refractivity (Wildman–Crippen MR) is 132 cm³/mol. The molecule has 0 bridgehead atoms. The smallest absolute Gasteiger partial charge is 0.253 e. The van der Waals surface area contributed by atoms with Crippen molar-refractivity contribution in [3.8, 4) is 0 Å². The molecule has 4 nitrogen and oxygen atoms in total. The second kappa shape index (κ2) is 9.25. The van der Waals surface area contributed by atoms with E-state index in [0.717, 1.165) is 62.0 Å². The number of carbonyl (C=O) groups is 1. The van der Waals surface area contributed by atoms with Gasteiger partial charge in [0, 0.05) is 61.2 Å². The maximum Gasteiger partial charge on any atom is 0.253 e. The van der Waals surface area contributed by atoms with E-state index in [1.54, 1.807) is 0 Å². The summed E-state index contributed by atoms with van der Waals surface area (Å²) < 4.78 is 0. The number of halogens is 1. The van der Waals surface area contributed by atoms with E-state index in [9.17, 15) is 4.79 Å². The molecule has 32 heavy (non-hydrogen) atoms. The molecule has 0 spiro atoms. The highest BCUT2D eigenvalue weighted by Crippen LogP contribution is 2.28. The number of piperazine rings is 1. The molecule has 2 heterocycles. The van der Waals surface area contributed by atoms with Gasteiger partial charge in [0.2, 0.25) is 0 Å². The van der Waals surface area contributed by atoms with Gasteiger partial charge in [-0.05, 0) is 60.4 Å². The van der Waals surface area contributed by atoms with Crippen LogP contribution in [0.2, 0.25) is 5.02 Å². The Kier molecular flexibility index (Phi) is 6.04. The fourth-order valence-corrected chi connectivity index (χ4v) is 4.96. The van der Waals surface area contributed by atoms with E-state index in [1.165, 1.54) is 23.2 Å². The fourth-order valence-electron chi connectivity index (χ4n) is 4.77.